The second-order valence-corrected chi connectivity index (χ2v) is 5.04. The molecule has 0 spiro atoms. The van der Waals surface area contributed by atoms with Crippen molar-refractivity contribution in [2.75, 3.05) is 13.1 Å². The molecule has 0 N–H and O–H groups in total. The molecule has 0 aliphatic carbocycles. The Labute approximate surface area is 91.4 Å². The summed E-state index contributed by atoms with van der Waals surface area (Å²) in [5, 5.41) is 0. The van der Waals surface area contributed by atoms with E-state index < -0.39 is 5.60 Å². The lowest BCUT2D eigenvalue weighted by atomic mass is 9.80. The van der Waals surface area contributed by atoms with Gasteiger partial charge in [0.05, 0.1) is 0 Å². The van der Waals surface area contributed by atoms with Gasteiger partial charge in [-0.25, -0.2) is 4.79 Å². The van der Waals surface area contributed by atoms with Gasteiger partial charge in [-0.3, -0.25) is 0 Å². The highest BCUT2D eigenvalue weighted by molar-refractivity contribution is 6.24. The summed E-state index contributed by atoms with van der Waals surface area (Å²) >= 11 is 0. The Hall–Kier alpha value is -0.995. The van der Waals surface area contributed by atoms with E-state index in [1.807, 2.05) is 28.6 Å². The van der Waals surface area contributed by atoms with Crippen LogP contribution in [0.5, 0.6) is 0 Å². The fourth-order valence-corrected chi connectivity index (χ4v) is 1.51. The van der Waals surface area contributed by atoms with E-state index >= 15 is 0 Å². The van der Waals surface area contributed by atoms with Crippen LogP contribution in [0.2, 0.25) is 5.82 Å². The minimum Gasteiger partial charge on any atom is -0.444 e. The first-order chi connectivity index (χ1) is 6.79. The number of carbonyl (C=O) groups is 2. The number of likely N-dealkylation sites (tertiary alicyclic amines) is 1. The van der Waals surface area contributed by atoms with Crippen molar-refractivity contribution in [3.63, 3.8) is 0 Å². The maximum absolute atomic E-state index is 11.7. The fraction of sp³-hybridized carbons (Fsp3) is 0.800. The zero-order valence-corrected chi connectivity index (χ0v) is 9.87. The van der Waals surface area contributed by atoms with Gasteiger partial charge in [0, 0.05) is 25.3 Å². The predicted octanol–water partition coefficient (Wildman–Crippen LogP) is 0.618. The van der Waals surface area contributed by atoms with E-state index in [1.54, 1.807) is 4.90 Å². The first-order valence-corrected chi connectivity index (χ1v) is 5.30. The van der Waals surface area contributed by atoms with Crippen LogP contribution in [0.25, 0.3) is 0 Å². The molecule has 1 fully saturated rings. The van der Waals surface area contributed by atoms with Gasteiger partial charge in [0.25, 0.3) is 0 Å². The van der Waals surface area contributed by atoms with E-state index in [2.05, 4.69) is 0 Å². The summed E-state index contributed by atoms with van der Waals surface area (Å²) < 4.78 is 5.24. The van der Waals surface area contributed by atoms with Crippen LogP contribution in [0.15, 0.2) is 0 Å². The van der Waals surface area contributed by atoms with Gasteiger partial charge in [-0.2, -0.15) is 0 Å². The van der Waals surface area contributed by atoms with Gasteiger partial charge in [0.1, 0.15) is 19.2 Å². The van der Waals surface area contributed by atoms with Crippen molar-refractivity contribution < 1.29 is 14.3 Å². The molecule has 1 aliphatic rings. The van der Waals surface area contributed by atoms with Crippen molar-refractivity contribution in [3.05, 3.63) is 0 Å². The lowest BCUT2D eigenvalue weighted by Gasteiger charge is -2.32. The van der Waals surface area contributed by atoms with Gasteiger partial charge in [0.15, 0.2) is 0 Å². The normalized spacial score (nSPS) is 22.7. The average Bonchev–Trinajstić information content (AvgIpc) is 2.06. The van der Waals surface area contributed by atoms with Crippen LogP contribution in [0.1, 0.15) is 27.2 Å². The van der Waals surface area contributed by atoms with Crippen LogP contribution in [0.3, 0.4) is 0 Å². The molecule has 0 aromatic rings. The van der Waals surface area contributed by atoms with Gasteiger partial charge >= 0.3 is 6.09 Å². The van der Waals surface area contributed by atoms with Crippen molar-refractivity contribution in [3.8, 4) is 0 Å². The van der Waals surface area contributed by atoms with Crippen LogP contribution in [0.4, 0.5) is 4.79 Å². The molecule has 1 unspecified atom stereocenters. The number of amides is 1. The summed E-state index contributed by atoms with van der Waals surface area (Å²) in [4.78, 5) is 24.5. The van der Waals surface area contributed by atoms with E-state index in [9.17, 15) is 9.59 Å². The number of carbonyl (C=O) groups excluding carboxylic acids is 2. The number of Topliss-reactive ketones (excluding diaryl/α,β-unsaturated/α-hetero) is 1. The minimum atomic E-state index is -0.470. The van der Waals surface area contributed by atoms with Crippen molar-refractivity contribution >= 4 is 19.7 Å². The van der Waals surface area contributed by atoms with Crippen molar-refractivity contribution in [1.82, 2.24) is 4.90 Å². The third kappa shape index (κ3) is 3.57. The Bertz CT molecular complexity index is 272. The zero-order valence-electron chi connectivity index (χ0n) is 9.87. The van der Waals surface area contributed by atoms with Crippen LogP contribution in [-0.2, 0) is 9.53 Å². The maximum Gasteiger partial charge on any atom is 0.410 e. The fourth-order valence-electron chi connectivity index (χ4n) is 1.51. The Balaban J connectivity index is 2.51. The predicted molar refractivity (Wildman–Crippen MR) is 59.7 cm³/mol. The topological polar surface area (TPSA) is 46.6 Å². The van der Waals surface area contributed by atoms with Crippen molar-refractivity contribution in [2.45, 2.75) is 38.6 Å². The second-order valence-electron chi connectivity index (χ2n) is 5.04. The molecule has 0 aromatic carbocycles. The lowest BCUT2D eigenvalue weighted by molar-refractivity contribution is -0.121. The van der Waals surface area contributed by atoms with Gasteiger partial charge in [-0.15, -0.1) is 0 Å². The Morgan fingerprint density at radius 3 is 2.60 bits per heavy atom. The number of hydrogen-bond donors (Lipinski definition) is 0. The monoisotopic (exact) mass is 211 g/mol. The zero-order chi connectivity index (χ0) is 11.6. The van der Waals surface area contributed by atoms with Crippen molar-refractivity contribution in [1.29, 1.82) is 0 Å². The number of piperidine rings is 1. The second kappa shape index (κ2) is 4.25. The van der Waals surface area contributed by atoms with Gasteiger partial charge < -0.3 is 14.4 Å². The van der Waals surface area contributed by atoms with Gasteiger partial charge in [-0.05, 0) is 20.8 Å². The highest BCUT2D eigenvalue weighted by Gasteiger charge is 2.29. The molecular formula is C10H18BNO3. The third-order valence-electron chi connectivity index (χ3n) is 2.32. The molecule has 0 saturated carbocycles. The summed E-state index contributed by atoms with van der Waals surface area (Å²) in [5.41, 5.74) is -0.470. The smallest absolute Gasteiger partial charge is 0.410 e. The van der Waals surface area contributed by atoms with E-state index in [0.29, 0.717) is 19.5 Å². The minimum absolute atomic E-state index is 0.0636. The first-order valence-electron chi connectivity index (χ1n) is 5.30. The molecule has 1 atom stereocenters. The van der Waals surface area contributed by atoms with Crippen LogP contribution >= 0.6 is 0 Å². The SMILES string of the molecule is BC1CN(C(=O)OC(C)(C)C)CCC1=O. The molecule has 1 amide bonds. The quantitative estimate of drug-likeness (QED) is 0.551. The Morgan fingerprint density at radius 1 is 1.53 bits per heavy atom. The number of rotatable bonds is 0. The lowest BCUT2D eigenvalue weighted by Crippen LogP contribution is -2.44. The third-order valence-corrected chi connectivity index (χ3v) is 2.32. The van der Waals surface area contributed by atoms with Crippen LogP contribution in [-0.4, -0.2) is 43.3 Å². The maximum atomic E-state index is 11.7. The molecule has 1 aliphatic heterocycles. The molecule has 1 rings (SSSR count). The molecule has 0 aromatic heterocycles. The Morgan fingerprint density at radius 2 is 2.13 bits per heavy atom. The molecule has 84 valence electrons. The van der Waals surface area contributed by atoms with Crippen molar-refractivity contribution in [2.24, 2.45) is 0 Å². The molecule has 15 heavy (non-hydrogen) atoms. The van der Waals surface area contributed by atoms with Crippen LogP contribution in [0, 0.1) is 0 Å². The molecule has 5 heteroatoms. The van der Waals surface area contributed by atoms with E-state index in [4.69, 9.17) is 4.74 Å². The van der Waals surface area contributed by atoms with Gasteiger partial charge in [-0.1, -0.05) is 0 Å². The Kier molecular flexibility index (Phi) is 3.42. The first kappa shape index (κ1) is 12.1. The molecule has 4 nitrogen and oxygen atoms in total. The average molecular weight is 211 g/mol. The molecule has 1 heterocycles. The van der Waals surface area contributed by atoms with E-state index in [1.165, 1.54) is 0 Å². The highest BCUT2D eigenvalue weighted by Crippen LogP contribution is 2.17. The number of ketones is 1. The number of nitrogens with zero attached hydrogens (tertiary/aromatic N) is 1. The van der Waals surface area contributed by atoms with Crippen LogP contribution < -0.4 is 0 Å². The summed E-state index contributed by atoms with van der Waals surface area (Å²) in [6, 6.07) is 0. The van der Waals surface area contributed by atoms with E-state index in [0.717, 1.165) is 0 Å². The highest BCUT2D eigenvalue weighted by atomic mass is 16.6. The molecule has 1 saturated heterocycles. The van der Waals surface area contributed by atoms with E-state index in [-0.39, 0.29) is 17.7 Å². The molecule has 0 radical (unpaired) electrons. The largest absolute Gasteiger partial charge is 0.444 e. The molecular weight excluding hydrogens is 193 g/mol. The van der Waals surface area contributed by atoms with Gasteiger partial charge in [0.2, 0.25) is 0 Å². The summed E-state index contributed by atoms with van der Waals surface area (Å²) in [6.07, 6.45) is 0.127. The summed E-state index contributed by atoms with van der Waals surface area (Å²) in [7, 11) is 1.85. The summed E-state index contributed by atoms with van der Waals surface area (Å²) in [5.74, 6) is 0.168. The molecule has 0 bridgehead atoms. The standard InChI is InChI=1S/C10H18BNO3/c1-10(2,3)15-9(14)12-5-4-8(13)7(11)6-12/h7H,4-6,11H2,1-3H3. The number of ether oxygens (including phenoxy) is 1. The summed E-state index contributed by atoms with van der Waals surface area (Å²) in [6.45, 7) is 6.47. The number of hydrogen-bond acceptors (Lipinski definition) is 3.